The second-order valence-corrected chi connectivity index (χ2v) is 5.07. The number of carbonyl (C=O) groups is 2. The number of Topliss-reactive ketones (excluding diaryl/α,β-unsaturated/α-hetero) is 1. The number of hydrogen-bond donors (Lipinski definition) is 2. The summed E-state index contributed by atoms with van der Waals surface area (Å²) < 4.78 is 1.24. The van der Waals surface area contributed by atoms with E-state index in [1.54, 1.807) is 12.1 Å². The molecule has 1 amide bonds. The third kappa shape index (κ3) is 2.75. The molecule has 6 nitrogen and oxygen atoms in total. The minimum Gasteiger partial charge on any atom is -0.506 e. The number of halogens is 1. The number of carbonyl (C=O) groups excluding carboxylic acids is 2. The first-order valence-electron chi connectivity index (χ1n) is 6.11. The molecular weight excluding hydrogens is 296 g/mol. The molecule has 1 aromatic carbocycles. The molecule has 0 fully saturated rings. The van der Waals surface area contributed by atoms with Crippen LogP contribution in [0.15, 0.2) is 23.0 Å². The number of pyridine rings is 1. The molecule has 0 unspecified atom stereocenters. The SMILES string of the molecule is CC(=O)CNC(=O)c1c(O)c2cc(Cl)ccc2n(C)c1=O. The monoisotopic (exact) mass is 308 g/mol. The lowest BCUT2D eigenvalue weighted by Crippen LogP contribution is -2.34. The Morgan fingerprint density at radius 2 is 2.05 bits per heavy atom. The quantitative estimate of drug-likeness (QED) is 0.892. The zero-order valence-electron chi connectivity index (χ0n) is 11.4. The van der Waals surface area contributed by atoms with Gasteiger partial charge in [0.1, 0.15) is 17.1 Å². The number of benzene rings is 1. The van der Waals surface area contributed by atoms with E-state index in [1.807, 2.05) is 0 Å². The fourth-order valence-electron chi connectivity index (χ4n) is 2.00. The van der Waals surface area contributed by atoms with Crippen LogP contribution in [-0.2, 0) is 11.8 Å². The van der Waals surface area contributed by atoms with Gasteiger partial charge in [0, 0.05) is 17.5 Å². The van der Waals surface area contributed by atoms with E-state index >= 15 is 0 Å². The molecular formula is C14H13ClN2O4. The predicted molar refractivity (Wildman–Crippen MR) is 78.9 cm³/mol. The lowest BCUT2D eigenvalue weighted by Gasteiger charge is -2.11. The van der Waals surface area contributed by atoms with Crippen molar-refractivity contribution in [3.8, 4) is 5.75 Å². The Bertz CT molecular complexity index is 811. The molecule has 0 aliphatic heterocycles. The van der Waals surface area contributed by atoms with Crippen LogP contribution in [0.4, 0.5) is 0 Å². The minimum atomic E-state index is -0.801. The highest BCUT2D eigenvalue weighted by atomic mass is 35.5. The highest BCUT2D eigenvalue weighted by molar-refractivity contribution is 6.31. The molecule has 21 heavy (non-hydrogen) atoms. The molecule has 2 rings (SSSR count). The van der Waals surface area contributed by atoms with Gasteiger partial charge in [0.2, 0.25) is 0 Å². The van der Waals surface area contributed by atoms with Crippen molar-refractivity contribution in [2.45, 2.75) is 6.92 Å². The zero-order chi connectivity index (χ0) is 15.7. The summed E-state index contributed by atoms with van der Waals surface area (Å²) in [6, 6.07) is 4.63. The fourth-order valence-corrected chi connectivity index (χ4v) is 2.17. The van der Waals surface area contributed by atoms with Gasteiger partial charge in [-0.15, -0.1) is 0 Å². The summed E-state index contributed by atoms with van der Waals surface area (Å²) in [5.41, 5.74) is -0.609. The highest BCUT2D eigenvalue weighted by Gasteiger charge is 2.21. The Kier molecular flexibility index (Phi) is 3.99. The second-order valence-electron chi connectivity index (χ2n) is 4.63. The molecule has 0 aliphatic rings. The van der Waals surface area contributed by atoms with Crippen LogP contribution in [0, 0.1) is 0 Å². The Morgan fingerprint density at radius 1 is 1.38 bits per heavy atom. The van der Waals surface area contributed by atoms with Gasteiger partial charge in [-0.25, -0.2) is 0 Å². The first kappa shape index (κ1) is 15.1. The molecule has 0 atom stereocenters. The third-order valence-corrected chi connectivity index (χ3v) is 3.29. The van der Waals surface area contributed by atoms with Gasteiger partial charge in [0.15, 0.2) is 0 Å². The standard InChI is InChI=1S/C14H13ClN2O4/c1-7(18)6-16-13(20)11-12(19)9-5-8(15)3-4-10(9)17(2)14(11)21/h3-5,19H,6H2,1-2H3,(H,16,20). The van der Waals surface area contributed by atoms with Crippen molar-refractivity contribution in [2.75, 3.05) is 6.54 Å². The smallest absolute Gasteiger partial charge is 0.267 e. The van der Waals surface area contributed by atoms with Crippen molar-refractivity contribution < 1.29 is 14.7 Å². The number of fused-ring (bicyclic) bond motifs is 1. The Labute approximate surface area is 124 Å². The number of aryl methyl sites for hydroxylation is 1. The molecule has 0 bridgehead atoms. The van der Waals surface area contributed by atoms with Gasteiger partial charge in [-0.1, -0.05) is 11.6 Å². The van der Waals surface area contributed by atoms with E-state index in [9.17, 15) is 19.5 Å². The first-order chi connectivity index (χ1) is 9.82. The molecule has 0 aliphatic carbocycles. The van der Waals surface area contributed by atoms with Crippen LogP contribution in [0.5, 0.6) is 5.75 Å². The lowest BCUT2D eigenvalue weighted by molar-refractivity contribution is -0.116. The van der Waals surface area contributed by atoms with Crippen LogP contribution in [0.3, 0.4) is 0 Å². The van der Waals surface area contributed by atoms with Crippen LogP contribution in [0.2, 0.25) is 5.02 Å². The van der Waals surface area contributed by atoms with E-state index in [1.165, 1.54) is 24.6 Å². The van der Waals surface area contributed by atoms with Crippen molar-refractivity contribution in [1.82, 2.24) is 9.88 Å². The van der Waals surface area contributed by atoms with E-state index in [2.05, 4.69) is 5.32 Å². The predicted octanol–water partition coefficient (Wildman–Crippen LogP) is 1.22. The van der Waals surface area contributed by atoms with Crippen molar-refractivity contribution in [3.63, 3.8) is 0 Å². The third-order valence-electron chi connectivity index (χ3n) is 3.06. The zero-order valence-corrected chi connectivity index (χ0v) is 12.2. The molecule has 2 aromatic rings. The normalized spacial score (nSPS) is 10.6. The average molecular weight is 309 g/mol. The fraction of sp³-hybridized carbons (Fsp3) is 0.214. The number of aromatic hydroxyl groups is 1. The van der Waals surface area contributed by atoms with E-state index in [0.29, 0.717) is 10.5 Å². The summed E-state index contributed by atoms with van der Waals surface area (Å²) in [7, 11) is 1.49. The number of amides is 1. The van der Waals surface area contributed by atoms with Gasteiger partial charge in [0.05, 0.1) is 12.1 Å². The molecule has 0 spiro atoms. The van der Waals surface area contributed by atoms with Crippen LogP contribution in [-0.4, -0.2) is 27.9 Å². The summed E-state index contributed by atoms with van der Waals surface area (Å²) >= 11 is 5.87. The van der Waals surface area contributed by atoms with Gasteiger partial charge in [-0.05, 0) is 25.1 Å². The van der Waals surface area contributed by atoms with E-state index in [0.717, 1.165) is 0 Å². The summed E-state index contributed by atoms with van der Waals surface area (Å²) in [6.07, 6.45) is 0. The number of nitrogens with one attached hydrogen (secondary N) is 1. The van der Waals surface area contributed by atoms with Crippen LogP contribution >= 0.6 is 11.6 Å². The van der Waals surface area contributed by atoms with Crippen molar-refractivity contribution in [2.24, 2.45) is 7.05 Å². The summed E-state index contributed by atoms with van der Waals surface area (Å²) in [4.78, 5) is 35.1. The van der Waals surface area contributed by atoms with Gasteiger partial charge in [-0.2, -0.15) is 0 Å². The summed E-state index contributed by atoms with van der Waals surface area (Å²) in [6.45, 7) is 1.09. The second kappa shape index (κ2) is 5.57. The number of ketones is 1. The maximum absolute atomic E-state index is 12.2. The molecule has 2 N–H and O–H groups in total. The van der Waals surface area contributed by atoms with Crippen molar-refractivity contribution >= 4 is 34.2 Å². The molecule has 1 heterocycles. The molecule has 0 saturated carbocycles. The van der Waals surface area contributed by atoms with Gasteiger partial charge < -0.3 is 15.0 Å². The lowest BCUT2D eigenvalue weighted by atomic mass is 10.1. The summed E-state index contributed by atoms with van der Waals surface area (Å²) in [5, 5.41) is 13.1. The maximum Gasteiger partial charge on any atom is 0.267 e. The summed E-state index contributed by atoms with van der Waals surface area (Å²) in [5.74, 6) is -1.51. The van der Waals surface area contributed by atoms with Crippen molar-refractivity contribution in [1.29, 1.82) is 0 Å². The highest BCUT2D eigenvalue weighted by Crippen LogP contribution is 2.28. The molecule has 0 saturated heterocycles. The van der Waals surface area contributed by atoms with Crippen LogP contribution in [0.1, 0.15) is 17.3 Å². The first-order valence-corrected chi connectivity index (χ1v) is 6.49. The number of aromatic nitrogens is 1. The average Bonchev–Trinajstić information content (AvgIpc) is 2.43. The van der Waals surface area contributed by atoms with Gasteiger partial charge in [0.25, 0.3) is 11.5 Å². The number of nitrogens with zero attached hydrogens (tertiary/aromatic N) is 1. The Hall–Kier alpha value is -2.34. The van der Waals surface area contributed by atoms with Gasteiger partial charge >= 0.3 is 0 Å². The van der Waals surface area contributed by atoms with Crippen LogP contribution in [0.25, 0.3) is 10.9 Å². The topological polar surface area (TPSA) is 88.4 Å². The Morgan fingerprint density at radius 3 is 2.67 bits per heavy atom. The maximum atomic E-state index is 12.2. The number of rotatable bonds is 3. The van der Waals surface area contributed by atoms with Crippen molar-refractivity contribution in [3.05, 3.63) is 39.1 Å². The van der Waals surface area contributed by atoms with E-state index < -0.39 is 22.8 Å². The molecule has 1 aromatic heterocycles. The van der Waals surface area contributed by atoms with Gasteiger partial charge in [-0.3, -0.25) is 14.4 Å². The molecule has 0 radical (unpaired) electrons. The Balaban J connectivity index is 2.66. The molecule has 110 valence electrons. The minimum absolute atomic E-state index is 0.213. The van der Waals surface area contributed by atoms with Crippen LogP contribution < -0.4 is 10.9 Å². The van der Waals surface area contributed by atoms with E-state index in [4.69, 9.17) is 11.6 Å². The van der Waals surface area contributed by atoms with E-state index in [-0.39, 0.29) is 17.7 Å². The largest absolute Gasteiger partial charge is 0.506 e. The number of hydrogen-bond acceptors (Lipinski definition) is 4. The molecule has 7 heteroatoms.